The largest absolute Gasteiger partial charge is 0.384 e. The molecule has 5 heteroatoms. The van der Waals surface area contributed by atoms with Gasteiger partial charge in [0.15, 0.2) is 0 Å². The van der Waals surface area contributed by atoms with Crippen LogP contribution in [-0.4, -0.2) is 16.2 Å². The summed E-state index contributed by atoms with van der Waals surface area (Å²) in [7, 11) is 0. The molecule has 3 nitrogen and oxygen atoms in total. The van der Waals surface area contributed by atoms with Crippen molar-refractivity contribution < 1.29 is 8.78 Å². The molecule has 0 aliphatic carbocycles. The molecule has 0 saturated heterocycles. The lowest BCUT2D eigenvalue weighted by Crippen LogP contribution is -2.10. The van der Waals surface area contributed by atoms with Gasteiger partial charge in [0.2, 0.25) is 0 Å². The van der Waals surface area contributed by atoms with Crippen LogP contribution in [0.5, 0.6) is 0 Å². The third-order valence-corrected chi connectivity index (χ3v) is 1.24. The molecule has 1 aromatic heterocycles. The zero-order valence-corrected chi connectivity index (χ0v) is 6.09. The number of anilines is 1. The normalized spacial score (nSPS) is 10.9. The van der Waals surface area contributed by atoms with E-state index in [4.69, 9.17) is 5.73 Å². The highest BCUT2D eigenvalue weighted by atomic mass is 19.3. The van der Waals surface area contributed by atoms with E-state index in [-0.39, 0.29) is 5.82 Å². The fourth-order valence-corrected chi connectivity index (χ4v) is 0.842. The summed E-state index contributed by atoms with van der Waals surface area (Å²) in [5.41, 5.74) is 6.01. The second-order valence-corrected chi connectivity index (χ2v) is 2.28. The highest BCUT2D eigenvalue weighted by molar-refractivity contribution is 5.29. The molecule has 0 aliphatic heterocycles. The molecule has 1 heterocycles. The van der Waals surface area contributed by atoms with Gasteiger partial charge in [0.1, 0.15) is 12.4 Å². The molecule has 0 bridgehead atoms. The Morgan fingerprint density at radius 2 is 2.36 bits per heavy atom. The minimum Gasteiger partial charge on any atom is -0.384 e. The van der Waals surface area contributed by atoms with Crippen LogP contribution in [0.1, 0.15) is 5.69 Å². The lowest BCUT2D eigenvalue weighted by molar-refractivity contribution is 0.122. The number of aromatic nitrogens is 2. The lowest BCUT2D eigenvalue weighted by Gasteiger charge is -2.00. The number of aryl methyl sites for hydroxylation is 1. The smallest absolute Gasteiger partial charge is 0.258 e. The van der Waals surface area contributed by atoms with E-state index >= 15 is 0 Å². The number of halogens is 2. The summed E-state index contributed by atoms with van der Waals surface area (Å²) in [5, 5.41) is 3.76. The maximum atomic E-state index is 11.8. The van der Waals surface area contributed by atoms with Crippen molar-refractivity contribution in [2.24, 2.45) is 0 Å². The van der Waals surface area contributed by atoms with Crippen molar-refractivity contribution in [1.29, 1.82) is 0 Å². The van der Waals surface area contributed by atoms with Crippen LogP contribution in [-0.2, 0) is 6.54 Å². The van der Waals surface area contributed by atoms with Crippen molar-refractivity contribution >= 4 is 5.82 Å². The van der Waals surface area contributed by atoms with Crippen LogP contribution < -0.4 is 5.73 Å². The molecule has 0 spiro atoms. The van der Waals surface area contributed by atoms with Crippen LogP contribution in [0.15, 0.2) is 6.07 Å². The van der Waals surface area contributed by atoms with Crippen molar-refractivity contribution in [2.45, 2.75) is 19.9 Å². The van der Waals surface area contributed by atoms with E-state index < -0.39 is 13.0 Å². The average molecular weight is 161 g/mol. The summed E-state index contributed by atoms with van der Waals surface area (Å²) in [6.07, 6.45) is -2.41. The highest BCUT2D eigenvalue weighted by Gasteiger charge is 2.07. The van der Waals surface area contributed by atoms with Gasteiger partial charge in [-0.3, -0.25) is 0 Å². The van der Waals surface area contributed by atoms with Gasteiger partial charge in [-0.2, -0.15) is 5.10 Å². The second-order valence-electron chi connectivity index (χ2n) is 2.28. The first-order chi connectivity index (χ1) is 5.09. The van der Waals surface area contributed by atoms with Crippen molar-refractivity contribution in [1.82, 2.24) is 9.78 Å². The molecule has 11 heavy (non-hydrogen) atoms. The summed E-state index contributed by atoms with van der Waals surface area (Å²) in [6, 6.07) is 1.56. The second kappa shape index (κ2) is 2.86. The Labute approximate surface area is 62.8 Å². The van der Waals surface area contributed by atoms with Gasteiger partial charge in [0.05, 0.1) is 5.69 Å². The van der Waals surface area contributed by atoms with Crippen molar-refractivity contribution in [3.05, 3.63) is 11.8 Å². The van der Waals surface area contributed by atoms with Crippen LogP contribution in [0, 0.1) is 6.92 Å². The molecule has 0 radical (unpaired) electrons. The molecule has 0 unspecified atom stereocenters. The van der Waals surface area contributed by atoms with Crippen LogP contribution in [0.25, 0.3) is 0 Å². The molecule has 0 atom stereocenters. The van der Waals surface area contributed by atoms with E-state index in [9.17, 15) is 8.78 Å². The zero-order valence-electron chi connectivity index (χ0n) is 6.09. The van der Waals surface area contributed by atoms with Crippen molar-refractivity contribution in [3.8, 4) is 0 Å². The molecule has 0 aliphatic rings. The first-order valence-electron chi connectivity index (χ1n) is 3.17. The Morgan fingerprint density at radius 1 is 1.73 bits per heavy atom. The van der Waals surface area contributed by atoms with Crippen molar-refractivity contribution in [3.63, 3.8) is 0 Å². The molecular weight excluding hydrogens is 152 g/mol. The SMILES string of the molecule is Cc1cc(N)n(CC(F)F)n1. The maximum Gasteiger partial charge on any atom is 0.258 e. The van der Waals surface area contributed by atoms with Gasteiger partial charge in [-0.25, -0.2) is 13.5 Å². The first kappa shape index (κ1) is 7.97. The predicted molar refractivity (Wildman–Crippen MR) is 37.4 cm³/mol. The van der Waals surface area contributed by atoms with E-state index in [1.54, 1.807) is 13.0 Å². The van der Waals surface area contributed by atoms with Crippen LogP contribution in [0.2, 0.25) is 0 Å². The lowest BCUT2D eigenvalue weighted by atomic mass is 10.5. The van der Waals surface area contributed by atoms with E-state index in [0.717, 1.165) is 4.68 Å². The highest BCUT2D eigenvalue weighted by Crippen LogP contribution is 2.07. The number of nitrogen functional groups attached to an aromatic ring is 1. The van der Waals surface area contributed by atoms with Crippen LogP contribution >= 0.6 is 0 Å². The zero-order chi connectivity index (χ0) is 8.43. The Bertz CT molecular complexity index is 244. The number of hydrogen-bond donors (Lipinski definition) is 1. The van der Waals surface area contributed by atoms with Gasteiger partial charge >= 0.3 is 0 Å². The summed E-state index contributed by atoms with van der Waals surface area (Å²) in [6.45, 7) is 1.28. The minimum atomic E-state index is -2.41. The molecule has 0 fully saturated rings. The number of nitrogens with two attached hydrogens (primary N) is 1. The maximum absolute atomic E-state index is 11.8. The Kier molecular flexibility index (Phi) is 2.07. The molecule has 1 rings (SSSR count). The number of hydrogen-bond acceptors (Lipinski definition) is 2. The Hall–Kier alpha value is -1.13. The molecular formula is C6H9F2N3. The number of rotatable bonds is 2. The molecule has 0 saturated carbocycles. The summed E-state index contributed by atoms with van der Waals surface area (Å²) >= 11 is 0. The van der Waals surface area contributed by atoms with Crippen molar-refractivity contribution in [2.75, 3.05) is 5.73 Å². The Morgan fingerprint density at radius 3 is 2.73 bits per heavy atom. The predicted octanol–water partition coefficient (Wildman–Crippen LogP) is 1.04. The number of nitrogens with zero attached hydrogens (tertiary/aromatic N) is 2. The van der Waals surface area contributed by atoms with E-state index in [0.29, 0.717) is 5.69 Å². The molecule has 0 amide bonds. The van der Waals surface area contributed by atoms with Gasteiger partial charge in [-0.15, -0.1) is 0 Å². The third kappa shape index (κ3) is 1.89. The standard InChI is InChI=1S/C6H9F2N3/c1-4-2-6(9)11(10-4)3-5(7)8/h2,5H,3,9H2,1H3. The van der Waals surface area contributed by atoms with E-state index in [1.807, 2.05) is 0 Å². The minimum absolute atomic E-state index is 0.280. The topological polar surface area (TPSA) is 43.8 Å². The van der Waals surface area contributed by atoms with Gasteiger partial charge in [0, 0.05) is 6.07 Å². The fraction of sp³-hybridized carbons (Fsp3) is 0.500. The van der Waals surface area contributed by atoms with E-state index in [2.05, 4.69) is 5.10 Å². The molecule has 2 N–H and O–H groups in total. The quantitative estimate of drug-likeness (QED) is 0.704. The summed E-state index contributed by atoms with van der Waals surface area (Å²) < 4.78 is 24.7. The Balaban J connectivity index is 2.77. The average Bonchev–Trinajstić information content (AvgIpc) is 2.09. The molecule has 0 aromatic carbocycles. The third-order valence-electron chi connectivity index (χ3n) is 1.24. The van der Waals surface area contributed by atoms with Gasteiger partial charge in [-0.05, 0) is 6.92 Å². The van der Waals surface area contributed by atoms with E-state index in [1.165, 1.54) is 0 Å². The van der Waals surface area contributed by atoms with Crippen LogP contribution in [0.3, 0.4) is 0 Å². The first-order valence-corrected chi connectivity index (χ1v) is 3.17. The van der Waals surface area contributed by atoms with Gasteiger partial charge in [-0.1, -0.05) is 0 Å². The fourth-order valence-electron chi connectivity index (χ4n) is 0.842. The monoisotopic (exact) mass is 161 g/mol. The summed E-state index contributed by atoms with van der Waals surface area (Å²) in [4.78, 5) is 0. The van der Waals surface area contributed by atoms with Crippen LogP contribution in [0.4, 0.5) is 14.6 Å². The molecule has 62 valence electrons. The summed E-state index contributed by atoms with van der Waals surface area (Å²) in [5.74, 6) is 0.280. The van der Waals surface area contributed by atoms with Gasteiger partial charge in [0.25, 0.3) is 6.43 Å². The molecule has 1 aromatic rings. The number of alkyl halides is 2. The van der Waals surface area contributed by atoms with Gasteiger partial charge < -0.3 is 5.73 Å².